The van der Waals surface area contributed by atoms with Crippen molar-refractivity contribution in [2.75, 3.05) is 13.7 Å². The van der Waals surface area contributed by atoms with Crippen LogP contribution in [0, 0.1) is 0 Å². The van der Waals surface area contributed by atoms with Crippen molar-refractivity contribution in [2.24, 2.45) is 5.73 Å². The van der Waals surface area contributed by atoms with E-state index in [0.717, 1.165) is 0 Å². The zero-order valence-corrected chi connectivity index (χ0v) is 10.3. The quantitative estimate of drug-likeness (QED) is 0.887. The number of hydrogen-bond donors (Lipinski definition) is 1. The van der Waals surface area contributed by atoms with Crippen molar-refractivity contribution in [2.45, 2.75) is 25.6 Å². The van der Waals surface area contributed by atoms with Gasteiger partial charge in [-0.2, -0.15) is 13.2 Å². The van der Waals surface area contributed by atoms with Crippen LogP contribution in [0.2, 0.25) is 0 Å². The van der Waals surface area contributed by atoms with Crippen molar-refractivity contribution in [3.8, 4) is 11.5 Å². The minimum atomic E-state index is -4.42. The third-order valence-corrected chi connectivity index (χ3v) is 2.42. The van der Waals surface area contributed by atoms with E-state index in [-0.39, 0.29) is 6.42 Å². The van der Waals surface area contributed by atoms with Crippen LogP contribution in [0.15, 0.2) is 18.2 Å². The van der Waals surface area contributed by atoms with Gasteiger partial charge in [0.2, 0.25) is 0 Å². The summed E-state index contributed by atoms with van der Waals surface area (Å²) in [6.07, 6.45) is -4.76. The average molecular weight is 263 g/mol. The first-order chi connectivity index (χ1) is 8.40. The third-order valence-electron chi connectivity index (χ3n) is 2.42. The first-order valence-electron chi connectivity index (χ1n) is 5.51. The molecule has 2 N–H and O–H groups in total. The van der Waals surface area contributed by atoms with Crippen molar-refractivity contribution in [1.82, 2.24) is 0 Å². The topological polar surface area (TPSA) is 44.5 Å². The van der Waals surface area contributed by atoms with E-state index in [1.54, 1.807) is 25.1 Å². The molecule has 1 aromatic carbocycles. The molecule has 1 aromatic rings. The molecule has 0 fully saturated rings. The molecule has 1 rings (SSSR count). The Kier molecular flexibility index (Phi) is 4.84. The van der Waals surface area contributed by atoms with E-state index >= 15 is 0 Å². The van der Waals surface area contributed by atoms with Crippen LogP contribution in [0.1, 0.15) is 12.5 Å². The van der Waals surface area contributed by atoms with Gasteiger partial charge < -0.3 is 15.2 Å². The molecule has 0 aliphatic carbocycles. The summed E-state index contributed by atoms with van der Waals surface area (Å²) in [6, 6.07) is 2.90. The number of rotatable bonds is 5. The molecule has 0 heterocycles. The van der Waals surface area contributed by atoms with Gasteiger partial charge in [0.25, 0.3) is 0 Å². The standard InChI is InChI=1S/C12H16F3NO2/c1-3-18-9-6-4-5-8(11(9)17-2)7-10(16)12(13,14)15/h4-6,10H,3,7,16H2,1-2H3. The molecule has 0 amide bonds. The lowest BCUT2D eigenvalue weighted by Gasteiger charge is -2.18. The first-order valence-corrected chi connectivity index (χ1v) is 5.51. The molecule has 18 heavy (non-hydrogen) atoms. The molecule has 1 atom stereocenters. The predicted octanol–water partition coefficient (Wildman–Crippen LogP) is 2.53. The molecule has 1 unspecified atom stereocenters. The van der Waals surface area contributed by atoms with E-state index in [1.807, 2.05) is 0 Å². The average Bonchev–Trinajstić information content (AvgIpc) is 2.28. The van der Waals surface area contributed by atoms with E-state index in [9.17, 15) is 13.2 Å². The monoisotopic (exact) mass is 263 g/mol. The molecule has 3 nitrogen and oxygen atoms in total. The molecule has 0 aromatic heterocycles. The Bertz CT molecular complexity index is 393. The summed E-state index contributed by atoms with van der Waals surface area (Å²) in [7, 11) is 1.39. The Morgan fingerprint density at radius 2 is 2.00 bits per heavy atom. The van der Waals surface area contributed by atoms with Crippen LogP contribution in [0.25, 0.3) is 0 Å². The maximum atomic E-state index is 12.4. The minimum Gasteiger partial charge on any atom is -0.493 e. The summed E-state index contributed by atoms with van der Waals surface area (Å²) in [6.45, 7) is 2.19. The highest BCUT2D eigenvalue weighted by Crippen LogP contribution is 2.33. The fourth-order valence-electron chi connectivity index (χ4n) is 1.58. The second kappa shape index (κ2) is 5.95. The Labute approximate surface area is 104 Å². The van der Waals surface area contributed by atoms with Crippen LogP contribution in [0.3, 0.4) is 0 Å². The van der Waals surface area contributed by atoms with Gasteiger partial charge in [0.1, 0.15) is 6.04 Å². The fraction of sp³-hybridized carbons (Fsp3) is 0.500. The summed E-state index contributed by atoms with van der Waals surface area (Å²) >= 11 is 0. The molecule has 6 heteroatoms. The lowest BCUT2D eigenvalue weighted by atomic mass is 10.0. The second-order valence-electron chi connectivity index (χ2n) is 3.73. The SMILES string of the molecule is CCOc1cccc(CC(N)C(F)(F)F)c1OC. The minimum absolute atomic E-state index is 0.305. The Hall–Kier alpha value is -1.43. The third kappa shape index (κ3) is 3.53. The van der Waals surface area contributed by atoms with Gasteiger partial charge in [-0.15, -0.1) is 0 Å². The summed E-state index contributed by atoms with van der Waals surface area (Å²) in [5.41, 5.74) is 5.49. The summed E-state index contributed by atoms with van der Waals surface area (Å²) < 4.78 is 47.6. The van der Waals surface area contributed by atoms with Crippen molar-refractivity contribution >= 4 is 0 Å². The van der Waals surface area contributed by atoms with Gasteiger partial charge in [0, 0.05) is 6.42 Å². The van der Waals surface area contributed by atoms with E-state index in [0.29, 0.717) is 23.7 Å². The number of benzene rings is 1. The lowest BCUT2D eigenvalue weighted by molar-refractivity contribution is -0.147. The lowest BCUT2D eigenvalue weighted by Crippen LogP contribution is -2.39. The molecule has 0 aliphatic rings. The van der Waals surface area contributed by atoms with Crippen molar-refractivity contribution in [1.29, 1.82) is 0 Å². The van der Waals surface area contributed by atoms with Gasteiger partial charge in [0.15, 0.2) is 11.5 Å². The molecule has 0 spiro atoms. The van der Waals surface area contributed by atoms with Gasteiger partial charge in [0.05, 0.1) is 13.7 Å². The molecule has 0 radical (unpaired) electrons. The highest BCUT2D eigenvalue weighted by Gasteiger charge is 2.37. The molecule has 102 valence electrons. The Morgan fingerprint density at radius 3 is 2.50 bits per heavy atom. The number of halogens is 3. The summed E-state index contributed by atoms with van der Waals surface area (Å²) in [5.74, 6) is 0.728. The number of para-hydroxylation sites is 1. The van der Waals surface area contributed by atoms with Crippen LogP contribution >= 0.6 is 0 Å². The number of alkyl halides is 3. The van der Waals surface area contributed by atoms with E-state index in [1.165, 1.54) is 7.11 Å². The van der Waals surface area contributed by atoms with Gasteiger partial charge in [-0.1, -0.05) is 12.1 Å². The largest absolute Gasteiger partial charge is 0.493 e. The number of methoxy groups -OCH3 is 1. The maximum absolute atomic E-state index is 12.4. The highest BCUT2D eigenvalue weighted by molar-refractivity contribution is 5.47. The first kappa shape index (κ1) is 14.6. The maximum Gasteiger partial charge on any atom is 0.403 e. The predicted molar refractivity (Wildman–Crippen MR) is 61.9 cm³/mol. The molecule has 0 bridgehead atoms. The molecular formula is C12H16F3NO2. The highest BCUT2D eigenvalue weighted by atomic mass is 19.4. The van der Waals surface area contributed by atoms with Gasteiger partial charge in [-0.25, -0.2) is 0 Å². The number of hydrogen-bond acceptors (Lipinski definition) is 3. The molecule has 0 saturated heterocycles. The van der Waals surface area contributed by atoms with E-state index in [4.69, 9.17) is 15.2 Å². The van der Waals surface area contributed by atoms with Gasteiger partial charge in [-0.3, -0.25) is 0 Å². The normalized spacial score (nSPS) is 13.2. The fourth-order valence-corrected chi connectivity index (χ4v) is 1.58. The summed E-state index contributed by atoms with van der Waals surface area (Å²) in [4.78, 5) is 0. The zero-order chi connectivity index (χ0) is 13.8. The van der Waals surface area contributed by atoms with Crippen molar-refractivity contribution < 1.29 is 22.6 Å². The van der Waals surface area contributed by atoms with E-state index < -0.39 is 12.2 Å². The number of nitrogens with two attached hydrogens (primary N) is 1. The van der Waals surface area contributed by atoms with Crippen molar-refractivity contribution in [3.63, 3.8) is 0 Å². The van der Waals surface area contributed by atoms with Crippen LogP contribution in [-0.2, 0) is 6.42 Å². The molecule has 0 aliphatic heterocycles. The zero-order valence-electron chi connectivity index (χ0n) is 10.3. The van der Waals surface area contributed by atoms with Crippen molar-refractivity contribution in [3.05, 3.63) is 23.8 Å². The summed E-state index contributed by atoms with van der Waals surface area (Å²) in [5, 5.41) is 0. The Morgan fingerprint density at radius 1 is 1.33 bits per heavy atom. The molecular weight excluding hydrogens is 247 g/mol. The van der Waals surface area contributed by atoms with Crippen LogP contribution in [-0.4, -0.2) is 25.9 Å². The van der Waals surface area contributed by atoms with Gasteiger partial charge >= 0.3 is 6.18 Å². The smallest absolute Gasteiger partial charge is 0.403 e. The van der Waals surface area contributed by atoms with Crippen LogP contribution < -0.4 is 15.2 Å². The van der Waals surface area contributed by atoms with E-state index in [2.05, 4.69) is 0 Å². The molecule has 0 saturated carbocycles. The Balaban J connectivity index is 2.98. The van der Waals surface area contributed by atoms with Gasteiger partial charge in [-0.05, 0) is 18.6 Å². The second-order valence-corrected chi connectivity index (χ2v) is 3.73. The number of ether oxygens (including phenoxy) is 2. The van der Waals surface area contributed by atoms with Crippen LogP contribution in [0.5, 0.6) is 11.5 Å². The van der Waals surface area contributed by atoms with Crippen LogP contribution in [0.4, 0.5) is 13.2 Å².